The molecule has 0 saturated heterocycles. The van der Waals surface area contributed by atoms with E-state index in [1.165, 1.54) is 18.2 Å². The zero-order chi connectivity index (χ0) is 25.8. The topological polar surface area (TPSA) is 30.5 Å². The Morgan fingerprint density at radius 3 is 1.94 bits per heavy atom. The minimum absolute atomic E-state index is 0.119. The van der Waals surface area contributed by atoms with Crippen molar-refractivity contribution >= 4 is 0 Å². The van der Waals surface area contributed by atoms with Gasteiger partial charge in [0.1, 0.15) is 24.7 Å². The summed E-state index contributed by atoms with van der Waals surface area (Å²) in [5.74, 6) is 0.617. The Morgan fingerprint density at radius 2 is 1.33 bits per heavy atom. The first-order valence-electron chi connectivity index (χ1n) is 10.8. The lowest BCUT2D eigenvalue weighted by molar-refractivity contribution is -0.137. The molecule has 9 heteroatoms. The van der Waals surface area contributed by atoms with Gasteiger partial charge in [-0.15, -0.1) is 0 Å². The van der Waals surface area contributed by atoms with Crippen molar-refractivity contribution < 1.29 is 35.8 Å². The molecule has 1 unspecified atom stereocenters. The molecule has 4 rings (SSSR count). The van der Waals surface area contributed by atoms with Crippen LogP contribution in [0.4, 0.5) is 26.3 Å². The van der Waals surface area contributed by atoms with Crippen molar-refractivity contribution in [3.05, 3.63) is 119 Å². The molecule has 3 aromatic carbocycles. The number of dihydropyridines is 1. The van der Waals surface area contributed by atoms with Gasteiger partial charge in [-0.3, -0.25) is 0 Å². The van der Waals surface area contributed by atoms with Crippen LogP contribution >= 0.6 is 0 Å². The second-order valence-corrected chi connectivity index (χ2v) is 7.96. The second-order valence-electron chi connectivity index (χ2n) is 7.96. The summed E-state index contributed by atoms with van der Waals surface area (Å²) in [5.41, 5.74) is 0.406. The molecule has 0 fully saturated rings. The standard InChI is InChI=1S/C27H20F6NO2/c28-26(29,30)20-11-13-21(14-12-20)35-16-18-7-9-19(10-8-18)17-36-24-6-2-1-4-22(24)25-23(27(31,32)33)5-3-15-34-25/h1-14,25,34H,16-17H2. The van der Waals surface area contributed by atoms with Crippen LogP contribution in [-0.2, 0) is 19.4 Å². The average molecular weight is 504 g/mol. The van der Waals surface area contributed by atoms with Gasteiger partial charge in [0.25, 0.3) is 0 Å². The number of ether oxygens (including phenoxy) is 2. The fraction of sp³-hybridized carbons (Fsp3) is 0.185. The number of benzene rings is 3. The monoisotopic (exact) mass is 504 g/mol. The fourth-order valence-electron chi connectivity index (χ4n) is 3.59. The van der Waals surface area contributed by atoms with Gasteiger partial charge in [0, 0.05) is 5.56 Å². The van der Waals surface area contributed by atoms with Gasteiger partial charge in [-0.05, 0) is 53.6 Å². The van der Waals surface area contributed by atoms with Crippen LogP contribution in [0.25, 0.3) is 0 Å². The lowest BCUT2D eigenvalue weighted by Crippen LogP contribution is -2.29. The Hall–Kier alpha value is -3.88. The normalized spacial score (nSPS) is 15.7. The Bertz CT molecular complexity index is 1230. The van der Waals surface area contributed by atoms with Crippen LogP contribution in [0.1, 0.15) is 28.3 Å². The molecule has 1 radical (unpaired) electrons. The number of para-hydroxylation sites is 1. The SMILES string of the molecule is FC(F)(F)C1=CC=[C]NC1c1ccccc1OCc1ccc(COc2ccc(C(F)(F)F)cc2)cc1. The van der Waals surface area contributed by atoms with Crippen molar-refractivity contribution in [1.29, 1.82) is 0 Å². The van der Waals surface area contributed by atoms with Gasteiger partial charge >= 0.3 is 12.4 Å². The van der Waals surface area contributed by atoms with Crippen LogP contribution in [0.5, 0.6) is 11.5 Å². The maximum Gasteiger partial charge on any atom is 0.416 e. The van der Waals surface area contributed by atoms with Gasteiger partial charge in [-0.1, -0.05) is 42.5 Å². The number of hydrogen-bond acceptors (Lipinski definition) is 3. The maximum absolute atomic E-state index is 13.5. The Morgan fingerprint density at radius 1 is 0.722 bits per heavy atom. The van der Waals surface area contributed by atoms with E-state index in [1.807, 2.05) is 0 Å². The summed E-state index contributed by atoms with van der Waals surface area (Å²) in [5, 5.41) is 2.63. The number of halogens is 6. The van der Waals surface area contributed by atoms with Gasteiger partial charge in [-0.25, -0.2) is 0 Å². The van der Waals surface area contributed by atoms with E-state index >= 15 is 0 Å². The lowest BCUT2D eigenvalue weighted by Gasteiger charge is -2.26. The predicted molar refractivity (Wildman–Crippen MR) is 121 cm³/mol. The summed E-state index contributed by atoms with van der Waals surface area (Å²) in [6.45, 7) is 0.271. The summed E-state index contributed by atoms with van der Waals surface area (Å²) < 4.78 is 89.8. The molecule has 0 bridgehead atoms. The Kier molecular flexibility index (Phi) is 7.28. The van der Waals surface area contributed by atoms with Crippen LogP contribution in [0.15, 0.2) is 90.5 Å². The largest absolute Gasteiger partial charge is 0.489 e. The molecule has 1 aliphatic rings. The van der Waals surface area contributed by atoms with Crippen LogP contribution < -0.4 is 14.8 Å². The summed E-state index contributed by atoms with van der Waals surface area (Å²) in [6, 6.07) is 16.9. The second kappa shape index (κ2) is 10.4. The molecule has 1 aliphatic heterocycles. The highest BCUT2D eigenvalue weighted by Crippen LogP contribution is 2.40. The highest BCUT2D eigenvalue weighted by molar-refractivity contribution is 5.43. The van der Waals surface area contributed by atoms with E-state index in [-0.39, 0.29) is 13.2 Å². The summed E-state index contributed by atoms with van der Waals surface area (Å²) in [4.78, 5) is 0. The van der Waals surface area contributed by atoms with Crippen molar-refractivity contribution in [3.63, 3.8) is 0 Å². The van der Waals surface area contributed by atoms with Crippen LogP contribution in [0, 0.1) is 6.20 Å². The van der Waals surface area contributed by atoms with E-state index in [9.17, 15) is 26.3 Å². The van der Waals surface area contributed by atoms with Crippen molar-refractivity contribution in [2.45, 2.75) is 31.6 Å². The van der Waals surface area contributed by atoms with E-state index in [4.69, 9.17) is 9.47 Å². The molecular formula is C27H20F6NO2. The molecule has 0 saturated carbocycles. The maximum atomic E-state index is 13.5. The van der Waals surface area contributed by atoms with Gasteiger partial charge in [0.15, 0.2) is 0 Å². The molecular weight excluding hydrogens is 484 g/mol. The molecule has 1 heterocycles. The third-order valence-electron chi connectivity index (χ3n) is 5.45. The van der Waals surface area contributed by atoms with E-state index in [2.05, 4.69) is 11.5 Å². The van der Waals surface area contributed by atoms with Crippen LogP contribution in [-0.4, -0.2) is 6.18 Å². The van der Waals surface area contributed by atoms with Gasteiger partial charge in [0.05, 0.1) is 23.4 Å². The van der Waals surface area contributed by atoms with Crippen molar-refractivity contribution in [2.75, 3.05) is 0 Å². The first-order valence-corrected chi connectivity index (χ1v) is 10.8. The molecule has 36 heavy (non-hydrogen) atoms. The van der Waals surface area contributed by atoms with Gasteiger partial charge in [0.2, 0.25) is 0 Å². The molecule has 3 nitrogen and oxygen atoms in total. The third-order valence-corrected chi connectivity index (χ3v) is 5.45. The van der Waals surface area contributed by atoms with Crippen molar-refractivity contribution in [3.8, 4) is 11.5 Å². The molecule has 0 spiro atoms. The van der Waals surface area contributed by atoms with Crippen LogP contribution in [0.2, 0.25) is 0 Å². The highest BCUT2D eigenvalue weighted by Gasteiger charge is 2.40. The Labute approximate surface area is 203 Å². The van der Waals surface area contributed by atoms with Crippen molar-refractivity contribution in [2.24, 2.45) is 0 Å². The zero-order valence-corrected chi connectivity index (χ0v) is 18.7. The molecule has 1 atom stereocenters. The number of hydrogen-bond donors (Lipinski definition) is 1. The van der Waals surface area contributed by atoms with E-state index < -0.39 is 29.5 Å². The smallest absolute Gasteiger partial charge is 0.416 e. The summed E-state index contributed by atoms with van der Waals surface area (Å²) >= 11 is 0. The van der Waals surface area contributed by atoms with Gasteiger partial charge in [-0.2, -0.15) is 26.3 Å². The summed E-state index contributed by atoms with van der Waals surface area (Å²) in [6.07, 6.45) is -4.14. The average Bonchev–Trinajstić information content (AvgIpc) is 2.86. The minimum atomic E-state index is -4.51. The molecule has 0 aromatic heterocycles. The van der Waals surface area contributed by atoms with Gasteiger partial charge < -0.3 is 14.8 Å². The predicted octanol–water partition coefficient (Wildman–Crippen LogP) is 7.31. The van der Waals surface area contributed by atoms with Crippen molar-refractivity contribution in [1.82, 2.24) is 5.32 Å². The quantitative estimate of drug-likeness (QED) is 0.342. The van der Waals surface area contributed by atoms with Crippen LogP contribution in [0.3, 0.4) is 0 Å². The molecule has 0 aliphatic carbocycles. The highest BCUT2D eigenvalue weighted by atomic mass is 19.4. The Balaban J connectivity index is 1.37. The van der Waals surface area contributed by atoms with E-state index in [0.717, 1.165) is 29.3 Å². The molecule has 3 aromatic rings. The third kappa shape index (κ3) is 6.21. The molecule has 1 N–H and O–H groups in total. The summed E-state index contributed by atoms with van der Waals surface area (Å²) in [7, 11) is 0. The number of allylic oxidation sites excluding steroid dienone is 2. The minimum Gasteiger partial charge on any atom is -0.489 e. The number of alkyl halides is 6. The zero-order valence-electron chi connectivity index (χ0n) is 18.7. The molecule has 187 valence electrons. The number of rotatable bonds is 7. The molecule has 0 amide bonds. The number of nitrogens with one attached hydrogen (secondary N) is 1. The fourth-order valence-corrected chi connectivity index (χ4v) is 3.59. The first-order chi connectivity index (χ1) is 17.1. The van der Waals surface area contributed by atoms with E-state index in [1.54, 1.807) is 48.5 Å². The first kappa shape index (κ1) is 25.2. The van der Waals surface area contributed by atoms with E-state index in [0.29, 0.717) is 17.1 Å². The lowest BCUT2D eigenvalue weighted by atomic mass is 9.95.